The van der Waals surface area contributed by atoms with Crippen LogP contribution < -0.4 is 19.1 Å². The molecule has 198 valence electrons. The zero-order valence-corrected chi connectivity index (χ0v) is 22.5. The molecule has 1 amide bonds. The highest BCUT2D eigenvalue weighted by Gasteiger charge is 2.47. The van der Waals surface area contributed by atoms with Crippen LogP contribution in [-0.2, 0) is 9.59 Å². The molecule has 4 rings (SSSR count). The molecular weight excluding hydrogens is 506 g/mol. The molecule has 0 spiro atoms. The van der Waals surface area contributed by atoms with Crippen LogP contribution in [0.15, 0.2) is 72.3 Å². The Morgan fingerprint density at radius 1 is 1.00 bits per heavy atom. The van der Waals surface area contributed by atoms with E-state index in [9.17, 15) is 14.7 Å². The van der Waals surface area contributed by atoms with E-state index in [0.29, 0.717) is 58.2 Å². The van der Waals surface area contributed by atoms with Crippen LogP contribution in [0.5, 0.6) is 17.2 Å². The van der Waals surface area contributed by atoms with Crippen LogP contribution in [0, 0.1) is 5.92 Å². The lowest BCUT2D eigenvalue weighted by molar-refractivity contribution is -0.132. The second-order valence-corrected chi connectivity index (χ2v) is 9.66. The number of amides is 1. The first-order valence-electron chi connectivity index (χ1n) is 12.4. The van der Waals surface area contributed by atoms with E-state index in [4.69, 9.17) is 25.8 Å². The van der Waals surface area contributed by atoms with Crippen molar-refractivity contribution in [2.75, 3.05) is 25.2 Å². The number of rotatable bonds is 9. The topological polar surface area (TPSA) is 85.3 Å². The number of carbonyl (C=O) groups excluding carboxylic acids is 2. The van der Waals surface area contributed by atoms with Gasteiger partial charge in [-0.1, -0.05) is 37.6 Å². The number of anilines is 1. The second-order valence-electron chi connectivity index (χ2n) is 9.22. The summed E-state index contributed by atoms with van der Waals surface area (Å²) >= 11 is 6.23. The number of ether oxygens (including phenoxy) is 3. The van der Waals surface area contributed by atoms with Gasteiger partial charge in [0, 0.05) is 16.3 Å². The Kier molecular flexibility index (Phi) is 8.27. The summed E-state index contributed by atoms with van der Waals surface area (Å²) in [5.74, 6) is 0.0929. The van der Waals surface area contributed by atoms with Crippen molar-refractivity contribution in [2.24, 2.45) is 5.92 Å². The van der Waals surface area contributed by atoms with E-state index in [1.165, 1.54) is 12.0 Å². The highest BCUT2D eigenvalue weighted by molar-refractivity contribution is 6.51. The molecule has 1 aliphatic heterocycles. The molecule has 0 aliphatic carbocycles. The fourth-order valence-electron chi connectivity index (χ4n) is 4.30. The molecule has 0 saturated carbocycles. The first kappa shape index (κ1) is 27.1. The number of methoxy groups -OCH3 is 1. The Morgan fingerprint density at radius 3 is 2.37 bits per heavy atom. The van der Waals surface area contributed by atoms with E-state index in [1.54, 1.807) is 66.7 Å². The maximum atomic E-state index is 13.4. The molecule has 0 radical (unpaired) electrons. The third-order valence-corrected chi connectivity index (χ3v) is 6.28. The largest absolute Gasteiger partial charge is 0.507 e. The van der Waals surface area contributed by atoms with Crippen molar-refractivity contribution in [3.8, 4) is 17.2 Å². The summed E-state index contributed by atoms with van der Waals surface area (Å²) in [5, 5.41) is 11.8. The lowest BCUT2D eigenvalue weighted by Crippen LogP contribution is -2.29. The standard InChI is InChI=1S/C30H30ClNO6/c1-5-37-25-15-20(11-14-24(25)36-4)27-26(28(33)19-9-12-23(13-10-19)38-17-18(2)3)29(34)30(35)32(27)22-8-6-7-21(31)16-22/h6-16,18,27,33H,5,17H2,1-4H3/b28-26-. The number of halogens is 1. The van der Waals surface area contributed by atoms with Gasteiger partial charge in [-0.05, 0) is 73.0 Å². The summed E-state index contributed by atoms with van der Waals surface area (Å²) in [6.45, 7) is 6.89. The summed E-state index contributed by atoms with van der Waals surface area (Å²) in [6.07, 6.45) is 0. The van der Waals surface area contributed by atoms with Gasteiger partial charge in [0.1, 0.15) is 11.5 Å². The van der Waals surface area contributed by atoms with E-state index < -0.39 is 17.7 Å². The Morgan fingerprint density at radius 2 is 1.74 bits per heavy atom. The number of aliphatic hydroxyl groups excluding tert-OH is 1. The van der Waals surface area contributed by atoms with Gasteiger partial charge < -0.3 is 19.3 Å². The summed E-state index contributed by atoms with van der Waals surface area (Å²) < 4.78 is 16.9. The summed E-state index contributed by atoms with van der Waals surface area (Å²) in [5.41, 5.74) is 1.33. The number of aliphatic hydroxyl groups is 1. The fourth-order valence-corrected chi connectivity index (χ4v) is 4.48. The van der Waals surface area contributed by atoms with E-state index in [-0.39, 0.29) is 11.3 Å². The van der Waals surface area contributed by atoms with Crippen LogP contribution in [-0.4, -0.2) is 37.1 Å². The van der Waals surface area contributed by atoms with Crippen LogP contribution in [0.2, 0.25) is 5.02 Å². The lowest BCUT2D eigenvalue weighted by Gasteiger charge is -2.26. The molecule has 38 heavy (non-hydrogen) atoms. The molecule has 1 heterocycles. The molecule has 0 aromatic heterocycles. The quantitative estimate of drug-likeness (QED) is 0.194. The molecule has 1 atom stereocenters. The van der Waals surface area contributed by atoms with Crippen molar-refractivity contribution in [3.05, 3.63) is 88.5 Å². The van der Waals surface area contributed by atoms with Crippen molar-refractivity contribution >= 4 is 34.7 Å². The average Bonchev–Trinajstić information content (AvgIpc) is 3.17. The monoisotopic (exact) mass is 535 g/mol. The average molecular weight is 536 g/mol. The van der Waals surface area contributed by atoms with Crippen molar-refractivity contribution in [1.82, 2.24) is 0 Å². The van der Waals surface area contributed by atoms with Crippen LogP contribution in [0.1, 0.15) is 37.9 Å². The SMILES string of the molecule is CCOc1cc(C2/C(=C(/O)c3ccc(OCC(C)C)cc3)C(=O)C(=O)N2c2cccc(Cl)c2)ccc1OC. The normalized spacial score (nSPS) is 16.7. The first-order chi connectivity index (χ1) is 18.2. The number of ketones is 1. The lowest BCUT2D eigenvalue weighted by atomic mass is 9.94. The van der Waals surface area contributed by atoms with Gasteiger partial charge in [-0.2, -0.15) is 0 Å². The van der Waals surface area contributed by atoms with Crippen molar-refractivity contribution in [1.29, 1.82) is 0 Å². The van der Waals surface area contributed by atoms with E-state index in [0.717, 1.165) is 0 Å². The minimum atomic E-state index is -0.935. The third-order valence-electron chi connectivity index (χ3n) is 6.05. The predicted octanol–water partition coefficient (Wildman–Crippen LogP) is 6.41. The van der Waals surface area contributed by atoms with Gasteiger partial charge in [0.05, 0.1) is 31.9 Å². The maximum Gasteiger partial charge on any atom is 0.300 e. The molecule has 1 N–H and O–H groups in total. The van der Waals surface area contributed by atoms with Crippen LogP contribution >= 0.6 is 11.6 Å². The Balaban J connectivity index is 1.86. The molecule has 1 unspecified atom stereocenters. The Bertz CT molecular complexity index is 1370. The molecular formula is C30H30ClNO6. The van der Waals surface area contributed by atoms with Gasteiger partial charge in [-0.3, -0.25) is 14.5 Å². The number of hydrogen-bond acceptors (Lipinski definition) is 6. The van der Waals surface area contributed by atoms with Crippen molar-refractivity contribution in [2.45, 2.75) is 26.8 Å². The number of carbonyl (C=O) groups is 2. The van der Waals surface area contributed by atoms with Crippen LogP contribution in [0.25, 0.3) is 5.76 Å². The third kappa shape index (κ3) is 5.48. The van der Waals surface area contributed by atoms with Gasteiger partial charge in [-0.15, -0.1) is 0 Å². The second kappa shape index (κ2) is 11.6. The number of benzene rings is 3. The van der Waals surface area contributed by atoms with E-state index >= 15 is 0 Å². The molecule has 3 aromatic carbocycles. The molecule has 1 saturated heterocycles. The maximum absolute atomic E-state index is 13.4. The molecule has 1 aliphatic rings. The number of Topliss-reactive ketones (excluding diaryl/α,β-unsaturated/α-hetero) is 1. The zero-order valence-electron chi connectivity index (χ0n) is 21.7. The van der Waals surface area contributed by atoms with Gasteiger partial charge in [-0.25, -0.2) is 0 Å². The highest BCUT2D eigenvalue weighted by Crippen LogP contribution is 2.44. The Hall–Kier alpha value is -3.97. The summed E-state index contributed by atoms with van der Waals surface area (Å²) in [7, 11) is 1.53. The minimum absolute atomic E-state index is 0.0431. The molecule has 0 bridgehead atoms. The smallest absolute Gasteiger partial charge is 0.300 e. The van der Waals surface area contributed by atoms with Gasteiger partial charge in [0.2, 0.25) is 0 Å². The fraction of sp³-hybridized carbons (Fsp3) is 0.267. The molecule has 8 heteroatoms. The number of nitrogens with zero attached hydrogens (tertiary/aromatic N) is 1. The van der Waals surface area contributed by atoms with Crippen LogP contribution in [0.4, 0.5) is 5.69 Å². The molecule has 7 nitrogen and oxygen atoms in total. The summed E-state index contributed by atoms with van der Waals surface area (Å²) in [4.78, 5) is 28.2. The summed E-state index contributed by atoms with van der Waals surface area (Å²) in [6, 6.07) is 17.7. The highest BCUT2D eigenvalue weighted by atomic mass is 35.5. The van der Waals surface area contributed by atoms with E-state index in [1.807, 2.05) is 6.92 Å². The van der Waals surface area contributed by atoms with Gasteiger partial charge in [0.25, 0.3) is 11.7 Å². The minimum Gasteiger partial charge on any atom is -0.507 e. The first-order valence-corrected chi connectivity index (χ1v) is 12.7. The van der Waals surface area contributed by atoms with Crippen molar-refractivity contribution in [3.63, 3.8) is 0 Å². The molecule has 1 fully saturated rings. The van der Waals surface area contributed by atoms with Gasteiger partial charge >= 0.3 is 0 Å². The van der Waals surface area contributed by atoms with Crippen LogP contribution in [0.3, 0.4) is 0 Å². The van der Waals surface area contributed by atoms with Gasteiger partial charge in [0.15, 0.2) is 11.5 Å². The van der Waals surface area contributed by atoms with Crippen molar-refractivity contribution < 1.29 is 28.9 Å². The van der Waals surface area contributed by atoms with E-state index in [2.05, 4.69) is 13.8 Å². The number of hydrogen-bond donors (Lipinski definition) is 1. The Labute approximate surface area is 227 Å². The molecule has 3 aromatic rings. The predicted molar refractivity (Wildman–Crippen MR) is 147 cm³/mol. The zero-order chi connectivity index (χ0) is 27.4.